The number of thiol groups is 1. The molecule has 0 bridgehead atoms. The highest BCUT2D eigenvalue weighted by Gasteiger charge is 2.21. The Labute approximate surface area is 332 Å². The Balaban J connectivity index is 0.00000331. The summed E-state index contributed by atoms with van der Waals surface area (Å²) in [7, 11) is 2.01. The molecule has 290 valence electrons. The Morgan fingerprint density at radius 2 is 1.67 bits per heavy atom. The van der Waals surface area contributed by atoms with E-state index in [1.807, 2.05) is 94.5 Å². The van der Waals surface area contributed by atoms with E-state index in [-0.39, 0.29) is 22.5 Å². The summed E-state index contributed by atoms with van der Waals surface area (Å²) < 4.78 is 2.09. The molecule has 0 aliphatic carbocycles. The fourth-order valence-electron chi connectivity index (χ4n) is 6.09. The summed E-state index contributed by atoms with van der Waals surface area (Å²) in [5.74, 6) is 1.66. The molecule has 6 N–H and O–H groups in total. The van der Waals surface area contributed by atoms with Crippen LogP contribution in [0.4, 0.5) is 11.5 Å². The maximum Gasteiger partial charge on any atom is 0.251 e. The highest BCUT2D eigenvalue weighted by Crippen LogP contribution is 2.28. The quantitative estimate of drug-likeness (QED) is 0.0300. The first-order valence-electron chi connectivity index (χ1n) is 18.8. The number of aryl methyl sites for hydroxylation is 2. The second-order valence-electron chi connectivity index (χ2n) is 14.1. The second kappa shape index (κ2) is 19.7. The van der Waals surface area contributed by atoms with Gasteiger partial charge in [-0.25, -0.2) is 9.97 Å². The van der Waals surface area contributed by atoms with Gasteiger partial charge in [0.1, 0.15) is 17.5 Å². The van der Waals surface area contributed by atoms with Crippen molar-refractivity contribution in [2.45, 2.75) is 71.2 Å². The first-order chi connectivity index (χ1) is 26.3. The van der Waals surface area contributed by atoms with Crippen molar-refractivity contribution in [2.24, 2.45) is 12.8 Å². The van der Waals surface area contributed by atoms with Gasteiger partial charge < -0.3 is 31.2 Å². The normalized spacial score (nSPS) is 11.5. The molecule has 3 aromatic carbocycles. The summed E-state index contributed by atoms with van der Waals surface area (Å²) in [5, 5.41) is 17.7. The number of amides is 1. The number of rotatable bonds is 18. The van der Waals surface area contributed by atoms with Crippen LogP contribution in [0.5, 0.6) is 0 Å². The number of benzene rings is 3. The zero-order chi connectivity index (χ0) is 40.1. The molecule has 0 saturated heterocycles. The minimum absolute atomic E-state index is 0.0245. The Bertz CT molecular complexity index is 2060. The number of anilines is 2. The number of nitrogens with zero attached hydrogens (tertiary/aromatic N) is 4. The van der Waals surface area contributed by atoms with Crippen molar-refractivity contribution in [1.29, 1.82) is 5.41 Å². The fraction of sp³-hybridized carbons (Fsp3) is 0.318. The van der Waals surface area contributed by atoms with E-state index in [1.165, 1.54) is 0 Å². The van der Waals surface area contributed by atoms with E-state index in [0.29, 0.717) is 37.2 Å². The van der Waals surface area contributed by atoms with Gasteiger partial charge in [-0.3, -0.25) is 10.2 Å². The van der Waals surface area contributed by atoms with Crippen molar-refractivity contribution in [1.82, 2.24) is 25.2 Å². The van der Waals surface area contributed by atoms with Crippen LogP contribution in [0.25, 0.3) is 16.7 Å². The maximum absolute atomic E-state index is 12.5. The molecule has 55 heavy (non-hydrogen) atoms. The largest absolute Gasteiger partial charge is 0.384 e. The second-order valence-corrected chi connectivity index (χ2v) is 14.8. The van der Waals surface area contributed by atoms with Crippen LogP contribution in [0, 0.1) is 12.3 Å². The number of nitrogens with two attached hydrogens (primary N) is 1. The Morgan fingerprint density at radius 1 is 1.00 bits per heavy atom. The molecule has 11 heteroatoms. The number of amidine groups is 1. The molecule has 1 atom stereocenters. The molecular weight excluding hydrogens is 703 g/mol. The number of hydrogen-bond donors (Lipinski definition) is 6. The van der Waals surface area contributed by atoms with Crippen molar-refractivity contribution >= 4 is 52.6 Å². The number of nitrogen functional groups attached to an aromatic ring is 1. The van der Waals surface area contributed by atoms with Gasteiger partial charge >= 0.3 is 0 Å². The standard InChI is InChI=1S/C42H51N9OS.C2H6/c1-28-10-12-32(13-11-28)41(52)47-26-35(53)20-22-42(4,5)49-29(2)21-24-51(38-9-7-8-23-45-38)30(3)33-16-19-37-36(25-33)48-39(50(37)6)27-46-34-17-14-31(15-18-34)40(43)44;1-2/h7-19,23,25,35,46,49,53H,2-3,20-22,24,26-27H2,1,4-6H3,(H3,43,44)(H,47,52);1-2H3. The lowest BCUT2D eigenvalue weighted by Crippen LogP contribution is -2.40. The van der Waals surface area contributed by atoms with Crippen LogP contribution >= 0.6 is 12.6 Å². The van der Waals surface area contributed by atoms with Crippen LogP contribution in [0.2, 0.25) is 0 Å². The van der Waals surface area contributed by atoms with Crippen molar-refractivity contribution in [3.8, 4) is 0 Å². The lowest BCUT2D eigenvalue weighted by atomic mass is 9.96. The third-order valence-corrected chi connectivity index (χ3v) is 9.71. The molecule has 0 aliphatic rings. The number of hydrogen-bond acceptors (Lipinski definition) is 8. The van der Waals surface area contributed by atoms with Crippen molar-refractivity contribution in [2.75, 3.05) is 23.3 Å². The summed E-state index contributed by atoms with van der Waals surface area (Å²) in [5.41, 5.74) is 13.3. The molecule has 0 fully saturated rings. The molecule has 0 spiro atoms. The lowest BCUT2D eigenvalue weighted by molar-refractivity contribution is 0.0953. The highest BCUT2D eigenvalue weighted by molar-refractivity contribution is 7.81. The van der Waals surface area contributed by atoms with Gasteiger partial charge in [0.15, 0.2) is 0 Å². The van der Waals surface area contributed by atoms with Gasteiger partial charge in [0.05, 0.1) is 17.6 Å². The van der Waals surface area contributed by atoms with Gasteiger partial charge in [-0.15, -0.1) is 0 Å². The molecule has 0 aliphatic heterocycles. The van der Waals surface area contributed by atoms with Gasteiger partial charge in [-0.2, -0.15) is 12.6 Å². The monoisotopic (exact) mass is 759 g/mol. The summed E-state index contributed by atoms with van der Waals surface area (Å²) in [6.07, 6.45) is 4.14. The first kappa shape index (κ1) is 42.2. The van der Waals surface area contributed by atoms with Crippen molar-refractivity contribution in [3.63, 3.8) is 0 Å². The SMILES string of the molecule is C=C(CCN(C(=C)c1ccc2c(c1)nc(CNc1ccc(C(=N)N)cc1)n2C)c1ccccn1)NC(C)(C)CCC(S)CNC(=O)c1ccc(C)cc1.CC. The molecule has 5 rings (SSSR count). The minimum Gasteiger partial charge on any atom is -0.384 e. The number of aromatic nitrogens is 3. The van der Waals surface area contributed by atoms with E-state index in [9.17, 15) is 4.79 Å². The Morgan fingerprint density at radius 3 is 2.33 bits per heavy atom. The van der Waals surface area contributed by atoms with Crippen LogP contribution in [-0.4, -0.2) is 50.2 Å². The number of imidazole rings is 1. The average molecular weight is 760 g/mol. The number of carbonyl (C=O) groups excluding carboxylic acids is 1. The predicted octanol–water partition coefficient (Wildman–Crippen LogP) is 8.46. The lowest BCUT2D eigenvalue weighted by Gasteiger charge is -2.31. The topological polar surface area (TPSA) is 137 Å². The fourth-order valence-corrected chi connectivity index (χ4v) is 6.31. The molecule has 1 unspecified atom stereocenters. The Hall–Kier alpha value is -5.55. The molecule has 0 radical (unpaired) electrons. The van der Waals surface area contributed by atoms with Crippen LogP contribution < -0.4 is 26.6 Å². The van der Waals surface area contributed by atoms with E-state index in [4.69, 9.17) is 28.8 Å². The van der Waals surface area contributed by atoms with E-state index in [1.54, 1.807) is 6.20 Å². The number of nitrogens with one attached hydrogen (secondary N) is 4. The van der Waals surface area contributed by atoms with Crippen LogP contribution in [0.15, 0.2) is 110 Å². The maximum atomic E-state index is 12.5. The molecular formula is C44H57N9OS. The predicted molar refractivity (Wildman–Crippen MR) is 234 cm³/mol. The number of fused-ring (bicyclic) bond motifs is 1. The average Bonchev–Trinajstić information content (AvgIpc) is 3.50. The van der Waals surface area contributed by atoms with E-state index in [0.717, 1.165) is 63.7 Å². The van der Waals surface area contributed by atoms with E-state index >= 15 is 0 Å². The summed E-state index contributed by atoms with van der Waals surface area (Å²) in [6.45, 7) is 20.9. The van der Waals surface area contributed by atoms with Gasteiger partial charge in [0.2, 0.25) is 0 Å². The van der Waals surface area contributed by atoms with Gasteiger partial charge in [0, 0.05) is 71.8 Å². The van der Waals surface area contributed by atoms with Crippen LogP contribution in [0.3, 0.4) is 0 Å². The third-order valence-electron chi connectivity index (χ3n) is 9.27. The molecule has 2 aromatic heterocycles. The van der Waals surface area contributed by atoms with Crippen LogP contribution in [0.1, 0.15) is 79.8 Å². The Kier molecular flexibility index (Phi) is 15.1. The third kappa shape index (κ3) is 12.0. The zero-order valence-corrected chi connectivity index (χ0v) is 34.0. The summed E-state index contributed by atoms with van der Waals surface area (Å²) >= 11 is 4.76. The molecule has 1 amide bonds. The zero-order valence-electron chi connectivity index (χ0n) is 33.1. The van der Waals surface area contributed by atoms with Crippen molar-refractivity contribution in [3.05, 3.63) is 138 Å². The number of pyridine rings is 1. The molecule has 2 heterocycles. The molecule has 5 aromatic rings. The van der Waals surface area contributed by atoms with E-state index < -0.39 is 0 Å². The smallest absolute Gasteiger partial charge is 0.251 e. The number of carbonyl (C=O) groups is 1. The van der Waals surface area contributed by atoms with Gasteiger partial charge in [-0.1, -0.05) is 56.8 Å². The summed E-state index contributed by atoms with van der Waals surface area (Å²) in [6, 6.07) is 27.1. The summed E-state index contributed by atoms with van der Waals surface area (Å²) in [4.78, 5) is 24.3. The minimum atomic E-state index is -0.222. The van der Waals surface area contributed by atoms with E-state index in [2.05, 4.69) is 75.6 Å². The highest BCUT2D eigenvalue weighted by atomic mass is 32.1. The molecule has 0 saturated carbocycles. The first-order valence-corrected chi connectivity index (χ1v) is 19.3. The van der Waals surface area contributed by atoms with Gasteiger partial charge in [-0.05, 0) is 99.8 Å². The van der Waals surface area contributed by atoms with Crippen LogP contribution in [-0.2, 0) is 13.6 Å². The van der Waals surface area contributed by atoms with Gasteiger partial charge in [0.25, 0.3) is 5.91 Å². The molecule has 10 nitrogen and oxygen atoms in total. The van der Waals surface area contributed by atoms with Crippen molar-refractivity contribution < 1.29 is 4.79 Å².